The van der Waals surface area contributed by atoms with Crippen LogP contribution >= 0.6 is 0 Å². The van der Waals surface area contributed by atoms with Crippen molar-refractivity contribution in [1.82, 2.24) is 15.5 Å². The minimum absolute atomic E-state index is 0.134. The predicted octanol–water partition coefficient (Wildman–Crippen LogP) is 2.61. The van der Waals surface area contributed by atoms with Gasteiger partial charge in [-0.25, -0.2) is 9.59 Å². The standard InChI is InChI=1S/C28H35N3O8/c1-28(2,3)39-27(35)31(4)24-17-9-11-22(37-6)19(14-17)18-12-16(8-10-21(18)36-5)13-20(26(34)38-7)30-23(32)15-29-25(24)33/h8-12,14,20,24H,13,15H2,1-7H3,(H,29,33)(H,30,32). The van der Waals surface area contributed by atoms with Crippen molar-refractivity contribution in [1.29, 1.82) is 0 Å². The molecule has 11 nitrogen and oxygen atoms in total. The zero-order chi connectivity index (χ0) is 28.9. The number of hydrogen-bond acceptors (Lipinski definition) is 8. The van der Waals surface area contributed by atoms with E-state index in [2.05, 4.69) is 10.6 Å². The number of fused-ring (bicyclic) bond motifs is 5. The van der Waals surface area contributed by atoms with Gasteiger partial charge in [0.1, 0.15) is 29.2 Å². The second-order valence-corrected chi connectivity index (χ2v) is 10.1. The molecule has 11 heteroatoms. The summed E-state index contributed by atoms with van der Waals surface area (Å²) >= 11 is 0. The van der Waals surface area contributed by atoms with Crippen LogP contribution in [0.2, 0.25) is 0 Å². The molecule has 2 N–H and O–H groups in total. The molecule has 3 amide bonds. The highest BCUT2D eigenvalue weighted by atomic mass is 16.6. The molecular weight excluding hydrogens is 506 g/mol. The maximum atomic E-state index is 13.5. The molecule has 0 aromatic heterocycles. The molecule has 2 unspecified atom stereocenters. The van der Waals surface area contributed by atoms with Crippen LogP contribution in [-0.2, 0) is 30.3 Å². The summed E-state index contributed by atoms with van der Waals surface area (Å²) in [6.45, 7) is 4.74. The van der Waals surface area contributed by atoms with Crippen molar-refractivity contribution in [2.75, 3.05) is 34.9 Å². The van der Waals surface area contributed by atoms with Crippen LogP contribution in [0.1, 0.15) is 37.9 Å². The summed E-state index contributed by atoms with van der Waals surface area (Å²) in [6.07, 6.45) is -0.592. The summed E-state index contributed by atoms with van der Waals surface area (Å²) in [6, 6.07) is 8.28. The maximum absolute atomic E-state index is 13.5. The number of amides is 3. The third-order valence-corrected chi connectivity index (χ3v) is 6.09. The van der Waals surface area contributed by atoms with Crippen LogP contribution in [0.4, 0.5) is 4.79 Å². The van der Waals surface area contributed by atoms with Gasteiger partial charge < -0.3 is 29.6 Å². The molecule has 0 saturated carbocycles. The first-order valence-corrected chi connectivity index (χ1v) is 12.3. The molecule has 1 heterocycles. The highest BCUT2D eigenvalue weighted by Gasteiger charge is 2.33. The van der Waals surface area contributed by atoms with E-state index in [-0.39, 0.29) is 6.42 Å². The molecule has 1 aliphatic heterocycles. The molecule has 0 saturated heterocycles. The minimum atomic E-state index is -1.16. The number of nitrogens with one attached hydrogen (secondary N) is 2. The third kappa shape index (κ3) is 6.98. The topological polar surface area (TPSA) is 132 Å². The Morgan fingerprint density at radius 2 is 1.56 bits per heavy atom. The Morgan fingerprint density at radius 1 is 0.949 bits per heavy atom. The first-order valence-electron chi connectivity index (χ1n) is 12.3. The largest absolute Gasteiger partial charge is 0.496 e. The third-order valence-electron chi connectivity index (χ3n) is 6.09. The van der Waals surface area contributed by atoms with E-state index in [1.165, 1.54) is 33.3 Å². The average Bonchev–Trinajstić information content (AvgIpc) is 2.89. The lowest BCUT2D eigenvalue weighted by Gasteiger charge is -2.31. The van der Waals surface area contributed by atoms with Gasteiger partial charge in [0.05, 0.1) is 27.9 Å². The summed E-state index contributed by atoms with van der Waals surface area (Å²) in [5.74, 6) is -0.846. The number of nitrogens with zero attached hydrogens (tertiary/aromatic N) is 1. The smallest absolute Gasteiger partial charge is 0.410 e. The lowest BCUT2D eigenvalue weighted by molar-refractivity contribution is -0.145. The summed E-state index contributed by atoms with van der Waals surface area (Å²) < 4.78 is 21.6. The van der Waals surface area contributed by atoms with Gasteiger partial charge in [-0.1, -0.05) is 12.1 Å². The van der Waals surface area contributed by atoms with Gasteiger partial charge >= 0.3 is 12.1 Å². The van der Waals surface area contributed by atoms with Crippen molar-refractivity contribution in [3.63, 3.8) is 0 Å². The van der Waals surface area contributed by atoms with Crippen LogP contribution in [0.3, 0.4) is 0 Å². The Balaban J connectivity index is 2.23. The molecule has 4 bridgehead atoms. The predicted molar refractivity (Wildman–Crippen MR) is 142 cm³/mol. The van der Waals surface area contributed by atoms with Gasteiger partial charge in [0.15, 0.2) is 0 Å². The van der Waals surface area contributed by atoms with E-state index in [9.17, 15) is 19.2 Å². The van der Waals surface area contributed by atoms with E-state index >= 15 is 0 Å². The Kier molecular flexibility index (Phi) is 9.05. The van der Waals surface area contributed by atoms with Gasteiger partial charge in [-0.15, -0.1) is 0 Å². The zero-order valence-electron chi connectivity index (χ0n) is 23.2. The van der Waals surface area contributed by atoms with Gasteiger partial charge in [0, 0.05) is 24.6 Å². The Bertz CT molecular complexity index is 1250. The number of carbonyl (C=O) groups is 4. The first kappa shape index (κ1) is 29.3. The van der Waals surface area contributed by atoms with Crippen molar-refractivity contribution in [2.45, 2.75) is 44.9 Å². The second-order valence-electron chi connectivity index (χ2n) is 10.1. The number of hydrogen-bond donors (Lipinski definition) is 2. The molecule has 0 aliphatic carbocycles. The average molecular weight is 542 g/mol. The number of methoxy groups -OCH3 is 3. The Labute approximate surface area is 227 Å². The summed E-state index contributed by atoms with van der Waals surface area (Å²) in [5.41, 5.74) is 1.59. The summed E-state index contributed by atoms with van der Waals surface area (Å²) in [5, 5.41) is 5.19. The van der Waals surface area contributed by atoms with E-state index in [0.717, 1.165) is 5.56 Å². The van der Waals surface area contributed by atoms with E-state index in [4.69, 9.17) is 18.9 Å². The van der Waals surface area contributed by atoms with Gasteiger partial charge in [-0.3, -0.25) is 14.5 Å². The summed E-state index contributed by atoms with van der Waals surface area (Å²) in [4.78, 5) is 52.9. The van der Waals surface area contributed by atoms with Gasteiger partial charge in [0.25, 0.3) is 0 Å². The van der Waals surface area contributed by atoms with Crippen molar-refractivity contribution in [3.05, 3.63) is 47.5 Å². The van der Waals surface area contributed by atoms with Crippen LogP contribution in [0.15, 0.2) is 36.4 Å². The molecule has 1 aliphatic rings. The van der Waals surface area contributed by atoms with Gasteiger partial charge in [0.2, 0.25) is 11.8 Å². The van der Waals surface area contributed by atoms with Crippen LogP contribution in [0, 0.1) is 0 Å². The van der Waals surface area contributed by atoms with Crippen molar-refractivity contribution in [3.8, 4) is 22.6 Å². The molecule has 0 radical (unpaired) electrons. The zero-order valence-corrected chi connectivity index (χ0v) is 23.2. The molecule has 0 fully saturated rings. The van der Waals surface area contributed by atoms with E-state index in [0.29, 0.717) is 28.2 Å². The number of ether oxygens (including phenoxy) is 4. The molecule has 39 heavy (non-hydrogen) atoms. The van der Waals surface area contributed by atoms with Crippen LogP contribution in [0.5, 0.6) is 11.5 Å². The number of carbonyl (C=O) groups excluding carboxylic acids is 4. The lowest BCUT2D eigenvalue weighted by atomic mass is 9.94. The van der Waals surface area contributed by atoms with Crippen molar-refractivity contribution >= 4 is 23.9 Å². The first-order chi connectivity index (χ1) is 18.4. The van der Waals surface area contributed by atoms with E-state index in [1.807, 2.05) is 6.07 Å². The normalized spacial score (nSPS) is 17.6. The molecule has 0 spiro atoms. The van der Waals surface area contributed by atoms with Crippen LogP contribution in [0.25, 0.3) is 11.1 Å². The fraction of sp³-hybridized carbons (Fsp3) is 0.429. The number of benzene rings is 2. The Morgan fingerprint density at radius 3 is 2.15 bits per heavy atom. The fourth-order valence-electron chi connectivity index (χ4n) is 4.27. The quantitative estimate of drug-likeness (QED) is 0.565. The molecule has 3 rings (SSSR count). The molecule has 2 atom stereocenters. The van der Waals surface area contributed by atoms with Crippen LogP contribution < -0.4 is 20.1 Å². The number of rotatable bonds is 4. The van der Waals surface area contributed by atoms with Crippen molar-refractivity contribution < 1.29 is 38.1 Å². The lowest BCUT2D eigenvalue weighted by Crippen LogP contribution is -2.49. The van der Waals surface area contributed by atoms with Gasteiger partial charge in [-0.05, 0) is 56.2 Å². The Hall–Kier alpha value is -4.28. The van der Waals surface area contributed by atoms with Crippen LogP contribution in [-0.4, -0.2) is 75.3 Å². The summed E-state index contributed by atoms with van der Waals surface area (Å²) in [7, 11) is 5.72. The minimum Gasteiger partial charge on any atom is -0.496 e. The highest BCUT2D eigenvalue weighted by Crippen LogP contribution is 2.39. The van der Waals surface area contributed by atoms with E-state index < -0.39 is 48.1 Å². The monoisotopic (exact) mass is 541 g/mol. The molecule has 2 aromatic rings. The SMILES string of the molecule is COC(=O)C1Cc2ccc(OC)c(c2)-c2cc(ccc2OC)C(N(C)C(=O)OC(C)(C)C)C(=O)NCC(=O)N1. The highest BCUT2D eigenvalue weighted by molar-refractivity contribution is 5.92. The molecule has 210 valence electrons. The number of esters is 1. The number of likely N-dealkylation sites (N-methyl/N-ethyl adjacent to an activating group) is 1. The second kappa shape index (κ2) is 12.1. The molecule has 2 aromatic carbocycles. The van der Waals surface area contributed by atoms with E-state index in [1.54, 1.807) is 51.1 Å². The maximum Gasteiger partial charge on any atom is 0.410 e. The fourth-order valence-corrected chi connectivity index (χ4v) is 4.27. The van der Waals surface area contributed by atoms with Gasteiger partial charge in [-0.2, -0.15) is 0 Å². The van der Waals surface area contributed by atoms with Crippen molar-refractivity contribution in [2.24, 2.45) is 0 Å². The molecular formula is C28H35N3O8.